The van der Waals surface area contributed by atoms with Gasteiger partial charge in [0.05, 0.1) is 11.4 Å². The molecule has 0 aliphatic carbocycles. The Morgan fingerprint density at radius 1 is 0.871 bits per heavy atom. The van der Waals surface area contributed by atoms with Crippen molar-refractivity contribution in [1.82, 2.24) is 14.8 Å². The summed E-state index contributed by atoms with van der Waals surface area (Å²) in [5.74, 6) is 0.519. The van der Waals surface area contributed by atoms with E-state index < -0.39 is 0 Å². The summed E-state index contributed by atoms with van der Waals surface area (Å²) in [6.45, 7) is 1.48. The molecule has 0 saturated carbocycles. The molecule has 0 bridgehead atoms. The maximum absolute atomic E-state index is 12.6. The van der Waals surface area contributed by atoms with Crippen LogP contribution in [0.5, 0.6) is 0 Å². The van der Waals surface area contributed by atoms with Crippen molar-refractivity contribution in [1.29, 1.82) is 0 Å². The van der Waals surface area contributed by atoms with Crippen LogP contribution in [0.2, 0.25) is 0 Å². The van der Waals surface area contributed by atoms with Crippen LogP contribution >= 0.6 is 11.8 Å². The van der Waals surface area contributed by atoms with Gasteiger partial charge in [0.1, 0.15) is 0 Å². The number of nitrogens with zero attached hydrogens (tertiary/aromatic N) is 3. The molecule has 6 nitrogen and oxygen atoms in total. The molecule has 7 heteroatoms. The van der Waals surface area contributed by atoms with E-state index in [1.54, 1.807) is 24.3 Å². The Morgan fingerprint density at radius 3 is 2.23 bits per heavy atom. The highest BCUT2D eigenvalue weighted by Crippen LogP contribution is 2.28. The van der Waals surface area contributed by atoms with Gasteiger partial charge in [0.25, 0.3) is 0 Å². The van der Waals surface area contributed by atoms with Gasteiger partial charge in [0, 0.05) is 16.8 Å². The van der Waals surface area contributed by atoms with Crippen LogP contribution in [0.3, 0.4) is 0 Å². The van der Waals surface area contributed by atoms with Crippen molar-refractivity contribution in [2.75, 3.05) is 11.1 Å². The molecule has 4 rings (SSSR count). The molecule has 1 amide bonds. The van der Waals surface area contributed by atoms with Crippen LogP contribution in [0.15, 0.2) is 90.1 Å². The minimum atomic E-state index is -0.220. The third-order valence-electron chi connectivity index (χ3n) is 4.59. The maximum atomic E-state index is 12.6. The molecule has 0 atom stereocenters. The number of aromatic nitrogens is 3. The van der Waals surface area contributed by atoms with E-state index in [0.29, 0.717) is 22.2 Å². The minimum absolute atomic E-state index is 0.0973. The number of rotatable bonds is 7. The van der Waals surface area contributed by atoms with Gasteiger partial charge in [-0.2, -0.15) is 0 Å². The number of carbonyl (C=O) groups is 2. The molecular formula is C24H20N4O2S. The summed E-state index contributed by atoms with van der Waals surface area (Å²) < 4.78 is 1.94. The van der Waals surface area contributed by atoms with Gasteiger partial charge in [0.15, 0.2) is 16.8 Å². The number of nitrogens with one attached hydrogen (secondary N) is 1. The number of ketones is 1. The lowest BCUT2D eigenvalue weighted by molar-refractivity contribution is -0.113. The van der Waals surface area contributed by atoms with Gasteiger partial charge in [-0.1, -0.05) is 72.4 Å². The Hall–Kier alpha value is -3.71. The zero-order valence-electron chi connectivity index (χ0n) is 16.9. The zero-order chi connectivity index (χ0) is 21.6. The van der Waals surface area contributed by atoms with Crippen molar-refractivity contribution in [3.8, 4) is 17.1 Å². The summed E-state index contributed by atoms with van der Waals surface area (Å²) in [5, 5.41) is 12.1. The van der Waals surface area contributed by atoms with Crippen LogP contribution in [0.1, 0.15) is 17.3 Å². The van der Waals surface area contributed by atoms with Gasteiger partial charge in [-0.05, 0) is 31.2 Å². The largest absolute Gasteiger partial charge is 0.325 e. The van der Waals surface area contributed by atoms with Gasteiger partial charge in [-0.15, -0.1) is 10.2 Å². The molecule has 0 aliphatic heterocycles. The Morgan fingerprint density at radius 2 is 1.52 bits per heavy atom. The number of amides is 1. The number of anilines is 1. The molecule has 154 valence electrons. The van der Waals surface area contributed by atoms with Gasteiger partial charge >= 0.3 is 0 Å². The average molecular weight is 429 g/mol. The monoisotopic (exact) mass is 428 g/mol. The highest BCUT2D eigenvalue weighted by Gasteiger charge is 2.17. The highest BCUT2D eigenvalue weighted by atomic mass is 32.2. The summed E-state index contributed by atoms with van der Waals surface area (Å²) in [6, 6.07) is 26.6. The van der Waals surface area contributed by atoms with Gasteiger partial charge in [-0.3, -0.25) is 14.2 Å². The number of para-hydroxylation sites is 2. The third kappa shape index (κ3) is 4.73. The first-order valence-corrected chi connectivity index (χ1v) is 10.7. The topological polar surface area (TPSA) is 76.9 Å². The number of hydrogen-bond donors (Lipinski definition) is 1. The fraction of sp³-hybridized carbons (Fsp3) is 0.0833. The van der Waals surface area contributed by atoms with Gasteiger partial charge < -0.3 is 5.32 Å². The quantitative estimate of drug-likeness (QED) is 0.336. The second kappa shape index (κ2) is 9.40. The van der Waals surface area contributed by atoms with Crippen molar-refractivity contribution in [2.45, 2.75) is 12.1 Å². The highest BCUT2D eigenvalue weighted by molar-refractivity contribution is 7.99. The molecule has 3 aromatic carbocycles. The summed E-state index contributed by atoms with van der Waals surface area (Å²) in [7, 11) is 0. The minimum Gasteiger partial charge on any atom is -0.325 e. The second-order valence-electron chi connectivity index (χ2n) is 6.78. The number of benzene rings is 3. The van der Waals surface area contributed by atoms with Crippen LogP contribution in [0.4, 0.5) is 5.69 Å². The van der Waals surface area contributed by atoms with Gasteiger partial charge in [-0.25, -0.2) is 0 Å². The van der Waals surface area contributed by atoms with Gasteiger partial charge in [0.2, 0.25) is 5.91 Å². The zero-order valence-corrected chi connectivity index (χ0v) is 17.7. The molecule has 0 saturated heterocycles. The molecule has 0 spiro atoms. The fourth-order valence-corrected chi connectivity index (χ4v) is 3.91. The molecule has 0 radical (unpaired) electrons. The van der Waals surface area contributed by atoms with Crippen LogP contribution in [0.25, 0.3) is 17.1 Å². The summed E-state index contributed by atoms with van der Waals surface area (Å²) in [5.41, 5.74) is 2.84. The maximum Gasteiger partial charge on any atom is 0.234 e. The lowest BCUT2D eigenvalue weighted by atomic mass is 10.1. The van der Waals surface area contributed by atoms with Crippen molar-refractivity contribution >= 4 is 29.1 Å². The Labute approximate surface area is 184 Å². The molecule has 1 aromatic heterocycles. The third-order valence-corrected chi connectivity index (χ3v) is 5.52. The molecule has 1 N–H and O–H groups in total. The van der Waals surface area contributed by atoms with E-state index in [0.717, 1.165) is 11.3 Å². The SMILES string of the molecule is CC(=O)c1ccccc1NC(=O)CSc1nnc(-c2ccccc2)n1-c1ccccc1. The molecule has 31 heavy (non-hydrogen) atoms. The van der Waals surface area contributed by atoms with E-state index in [9.17, 15) is 9.59 Å². The van der Waals surface area contributed by atoms with E-state index in [1.165, 1.54) is 18.7 Å². The van der Waals surface area contributed by atoms with Crippen LogP contribution in [0, 0.1) is 0 Å². The fourth-order valence-electron chi connectivity index (χ4n) is 3.16. The first-order chi connectivity index (χ1) is 15.1. The Kier molecular flexibility index (Phi) is 6.24. The van der Waals surface area contributed by atoms with E-state index in [1.807, 2.05) is 65.2 Å². The second-order valence-corrected chi connectivity index (χ2v) is 7.72. The van der Waals surface area contributed by atoms with E-state index in [-0.39, 0.29) is 17.4 Å². The number of hydrogen-bond acceptors (Lipinski definition) is 5. The van der Waals surface area contributed by atoms with Crippen LogP contribution in [-0.2, 0) is 4.79 Å². The number of thioether (sulfide) groups is 1. The predicted molar refractivity (Wildman–Crippen MR) is 123 cm³/mol. The van der Waals surface area contributed by atoms with Crippen molar-refractivity contribution in [2.24, 2.45) is 0 Å². The summed E-state index contributed by atoms with van der Waals surface area (Å²) >= 11 is 1.29. The average Bonchev–Trinajstić information content (AvgIpc) is 3.23. The lowest BCUT2D eigenvalue weighted by Gasteiger charge is -2.11. The summed E-state index contributed by atoms with van der Waals surface area (Å²) in [4.78, 5) is 24.4. The lowest BCUT2D eigenvalue weighted by Crippen LogP contribution is -2.16. The summed E-state index contributed by atoms with van der Waals surface area (Å²) in [6.07, 6.45) is 0. The standard InChI is InChI=1S/C24H20N4O2S/c1-17(29)20-14-8-9-15-21(20)25-22(30)16-31-24-27-26-23(18-10-4-2-5-11-18)28(24)19-12-6-3-7-13-19/h2-15H,16H2,1H3,(H,25,30). The number of carbonyl (C=O) groups excluding carboxylic acids is 2. The smallest absolute Gasteiger partial charge is 0.234 e. The first-order valence-electron chi connectivity index (χ1n) is 9.72. The molecule has 0 fully saturated rings. The molecular weight excluding hydrogens is 408 g/mol. The van der Waals surface area contributed by atoms with E-state index in [2.05, 4.69) is 15.5 Å². The van der Waals surface area contributed by atoms with Crippen molar-refractivity contribution < 1.29 is 9.59 Å². The van der Waals surface area contributed by atoms with E-state index >= 15 is 0 Å². The Bertz CT molecular complexity index is 1210. The molecule has 0 unspecified atom stereocenters. The van der Waals surface area contributed by atoms with E-state index in [4.69, 9.17) is 0 Å². The molecule has 4 aromatic rings. The Balaban J connectivity index is 1.57. The molecule has 1 heterocycles. The number of Topliss-reactive ketones (excluding diaryl/α,β-unsaturated/α-hetero) is 1. The normalized spacial score (nSPS) is 10.6. The predicted octanol–water partition coefficient (Wildman–Crippen LogP) is 4.87. The van der Waals surface area contributed by atoms with Crippen molar-refractivity contribution in [3.63, 3.8) is 0 Å². The van der Waals surface area contributed by atoms with Crippen LogP contribution in [-0.4, -0.2) is 32.2 Å². The van der Waals surface area contributed by atoms with Crippen molar-refractivity contribution in [3.05, 3.63) is 90.5 Å². The molecule has 0 aliphatic rings. The first kappa shape index (κ1) is 20.6. The van der Waals surface area contributed by atoms with Crippen LogP contribution < -0.4 is 5.32 Å².